The van der Waals surface area contributed by atoms with Crippen molar-refractivity contribution < 1.29 is 9.53 Å². The van der Waals surface area contributed by atoms with Crippen molar-refractivity contribution in [3.63, 3.8) is 0 Å². The molecule has 0 aromatic heterocycles. The van der Waals surface area contributed by atoms with Gasteiger partial charge in [0.1, 0.15) is 6.61 Å². The lowest BCUT2D eigenvalue weighted by atomic mass is 9.99. The Balaban J connectivity index is 2.05. The van der Waals surface area contributed by atoms with Crippen LogP contribution in [-0.2, 0) is 4.74 Å². The first kappa shape index (κ1) is 11.0. The maximum atomic E-state index is 11.4. The molecule has 1 unspecified atom stereocenters. The summed E-state index contributed by atoms with van der Waals surface area (Å²) in [6.07, 6.45) is -0.252. The second kappa shape index (κ2) is 4.99. The Hall–Kier alpha value is -1.55. The van der Waals surface area contributed by atoms with Crippen LogP contribution in [0.3, 0.4) is 0 Å². The van der Waals surface area contributed by atoms with Crippen molar-refractivity contribution in [2.75, 3.05) is 26.2 Å². The summed E-state index contributed by atoms with van der Waals surface area (Å²) in [5, 5.41) is 0. The van der Waals surface area contributed by atoms with Gasteiger partial charge in [0.15, 0.2) is 0 Å². The lowest BCUT2D eigenvalue weighted by Gasteiger charge is -2.32. The van der Waals surface area contributed by atoms with Crippen molar-refractivity contribution in [3.05, 3.63) is 35.9 Å². The number of nitrogens with two attached hydrogens (primary N) is 1. The van der Waals surface area contributed by atoms with E-state index in [1.165, 1.54) is 5.56 Å². The van der Waals surface area contributed by atoms with Gasteiger partial charge in [0, 0.05) is 25.6 Å². The fourth-order valence-corrected chi connectivity index (χ4v) is 1.92. The zero-order chi connectivity index (χ0) is 11.4. The van der Waals surface area contributed by atoms with Gasteiger partial charge in [-0.2, -0.15) is 0 Å². The predicted molar refractivity (Wildman–Crippen MR) is 61.2 cm³/mol. The molecule has 4 heteroatoms. The van der Waals surface area contributed by atoms with Gasteiger partial charge in [-0.15, -0.1) is 0 Å². The molecule has 1 aliphatic rings. The summed E-state index contributed by atoms with van der Waals surface area (Å²) in [5.74, 6) is 0.255. The SMILES string of the molecule is NCCN1CC(c2ccccc2)COC1=O. The summed E-state index contributed by atoms with van der Waals surface area (Å²) in [6, 6.07) is 10.1. The molecule has 0 radical (unpaired) electrons. The van der Waals surface area contributed by atoms with Crippen LogP contribution in [0.2, 0.25) is 0 Å². The van der Waals surface area contributed by atoms with Crippen molar-refractivity contribution in [2.24, 2.45) is 5.73 Å². The van der Waals surface area contributed by atoms with E-state index < -0.39 is 0 Å². The molecular formula is C12H16N2O2. The van der Waals surface area contributed by atoms with E-state index in [0.717, 1.165) is 0 Å². The van der Waals surface area contributed by atoms with E-state index in [4.69, 9.17) is 10.5 Å². The van der Waals surface area contributed by atoms with Crippen LogP contribution in [0, 0.1) is 0 Å². The minimum atomic E-state index is -0.252. The maximum absolute atomic E-state index is 11.4. The number of hydrogen-bond acceptors (Lipinski definition) is 3. The summed E-state index contributed by atoms with van der Waals surface area (Å²) in [7, 11) is 0. The highest BCUT2D eigenvalue weighted by Crippen LogP contribution is 2.21. The smallest absolute Gasteiger partial charge is 0.409 e. The van der Waals surface area contributed by atoms with E-state index >= 15 is 0 Å². The third kappa shape index (κ3) is 2.33. The van der Waals surface area contributed by atoms with Crippen LogP contribution in [0.15, 0.2) is 30.3 Å². The van der Waals surface area contributed by atoms with E-state index in [2.05, 4.69) is 12.1 Å². The quantitative estimate of drug-likeness (QED) is 0.832. The average molecular weight is 220 g/mol. The third-order valence-corrected chi connectivity index (χ3v) is 2.78. The molecule has 2 N–H and O–H groups in total. The van der Waals surface area contributed by atoms with Crippen LogP contribution in [0.5, 0.6) is 0 Å². The van der Waals surface area contributed by atoms with Crippen LogP contribution in [0.4, 0.5) is 4.79 Å². The Kier molecular flexibility index (Phi) is 3.41. The molecule has 1 aromatic carbocycles. The number of cyclic esters (lactones) is 1. The monoisotopic (exact) mass is 220 g/mol. The molecule has 1 aromatic rings. The maximum Gasteiger partial charge on any atom is 0.409 e. The van der Waals surface area contributed by atoms with E-state index in [-0.39, 0.29) is 12.0 Å². The fourth-order valence-electron chi connectivity index (χ4n) is 1.92. The number of carbonyl (C=O) groups excluding carboxylic acids is 1. The molecule has 4 nitrogen and oxygen atoms in total. The molecule has 0 saturated carbocycles. The van der Waals surface area contributed by atoms with Crippen molar-refractivity contribution in [2.45, 2.75) is 5.92 Å². The number of benzene rings is 1. The molecule has 1 amide bonds. The molecule has 86 valence electrons. The Bertz CT molecular complexity index is 353. The number of rotatable bonds is 3. The van der Waals surface area contributed by atoms with E-state index in [0.29, 0.717) is 26.2 Å². The fraction of sp³-hybridized carbons (Fsp3) is 0.417. The number of hydrogen-bond donors (Lipinski definition) is 1. The van der Waals surface area contributed by atoms with Crippen LogP contribution in [0.1, 0.15) is 11.5 Å². The topological polar surface area (TPSA) is 55.6 Å². The molecular weight excluding hydrogens is 204 g/mol. The Morgan fingerprint density at radius 3 is 2.81 bits per heavy atom. The first-order chi connectivity index (χ1) is 7.81. The van der Waals surface area contributed by atoms with Crippen molar-refractivity contribution in [3.8, 4) is 0 Å². The summed E-state index contributed by atoms with van der Waals surface area (Å²) in [5.41, 5.74) is 6.66. The molecule has 0 spiro atoms. The van der Waals surface area contributed by atoms with Crippen molar-refractivity contribution in [1.82, 2.24) is 4.90 Å². The normalized spacial score (nSPS) is 20.7. The summed E-state index contributed by atoms with van der Waals surface area (Å²) < 4.78 is 5.14. The predicted octanol–water partition coefficient (Wildman–Crippen LogP) is 1.18. The van der Waals surface area contributed by atoms with Crippen molar-refractivity contribution in [1.29, 1.82) is 0 Å². The Labute approximate surface area is 95.0 Å². The third-order valence-electron chi connectivity index (χ3n) is 2.78. The second-order valence-electron chi connectivity index (χ2n) is 3.92. The highest BCUT2D eigenvalue weighted by Gasteiger charge is 2.27. The van der Waals surface area contributed by atoms with Crippen molar-refractivity contribution >= 4 is 6.09 Å². The van der Waals surface area contributed by atoms with E-state index in [9.17, 15) is 4.79 Å². The molecule has 1 heterocycles. The van der Waals surface area contributed by atoms with Gasteiger partial charge < -0.3 is 15.4 Å². The summed E-state index contributed by atoms with van der Waals surface area (Å²) in [4.78, 5) is 13.1. The standard InChI is InChI=1S/C12H16N2O2/c13-6-7-14-8-11(9-16-12(14)15)10-4-2-1-3-5-10/h1-5,11H,6-9,13H2. The summed E-state index contributed by atoms with van der Waals surface area (Å²) >= 11 is 0. The highest BCUT2D eigenvalue weighted by atomic mass is 16.6. The molecule has 1 aliphatic heterocycles. The Morgan fingerprint density at radius 1 is 1.38 bits per heavy atom. The van der Waals surface area contributed by atoms with Crippen LogP contribution < -0.4 is 5.73 Å². The molecule has 1 atom stereocenters. The number of amides is 1. The minimum Gasteiger partial charge on any atom is -0.449 e. The van der Waals surface area contributed by atoms with Gasteiger partial charge in [-0.3, -0.25) is 0 Å². The lowest BCUT2D eigenvalue weighted by molar-refractivity contribution is 0.0629. The number of carbonyl (C=O) groups is 1. The highest BCUT2D eigenvalue weighted by molar-refractivity contribution is 5.68. The second-order valence-corrected chi connectivity index (χ2v) is 3.92. The van der Waals surface area contributed by atoms with Gasteiger partial charge in [-0.1, -0.05) is 30.3 Å². The van der Waals surface area contributed by atoms with Gasteiger partial charge in [-0.05, 0) is 5.56 Å². The molecule has 2 rings (SSSR count). The van der Waals surface area contributed by atoms with E-state index in [1.807, 2.05) is 18.2 Å². The number of nitrogens with zero attached hydrogens (tertiary/aromatic N) is 1. The van der Waals surface area contributed by atoms with Crippen LogP contribution in [-0.4, -0.2) is 37.2 Å². The molecule has 16 heavy (non-hydrogen) atoms. The largest absolute Gasteiger partial charge is 0.449 e. The van der Waals surface area contributed by atoms with Gasteiger partial charge in [-0.25, -0.2) is 4.79 Å². The van der Waals surface area contributed by atoms with Gasteiger partial charge in [0.2, 0.25) is 0 Å². The molecule has 1 saturated heterocycles. The average Bonchev–Trinajstić information content (AvgIpc) is 2.33. The van der Waals surface area contributed by atoms with E-state index in [1.54, 1.807) is 4.90 Å². The zero-order valence-electron chi connectivity index (χ0n) is 9.13. The molecule has 0 bridgehead atoms. The lowest BCUT2D eigenvalue weighted by Crippen LogP contribution is -2.44. The first-order valence-electron chi connectivity index (χ1n) is 5.48. The summed E-state index contributed by atoms with van der Waals surface area (Å²) in [6.45, 7) is 2.18. The molecule has 1 fully saturated rings. The van der Waals surface area contributed by atoms with Crippen LogP contribution in [0.25, 0.3) is 0 Å². The zero-order valence-corrected chi connectivity index (χ0v) is 9.13. The number of ether oxygens (including phenoxy) is 1. The first-order valence-corrected chi connectivity index (χ1v) is 5.48. The minimum absolute atomic E-state index is 0.252. The molecule has 0 aliphatic carbocycles. The Morgan fingerprint density at radius 2 is 2.12 bits per heavy atom. The van der Waals surface area contributed by atoms with Gasteiger partial charge >= 0.3 is 6.09 Å². The van der Waals surface area contributed by atoms with Gasteiger partial charge in [0.05, 0.1) is 0 Å². The van der Waals surface area contributed by atoms with Gasteiger partial charge in [0.25, 0.3) is 0 Å². The van der Waals surface area contributed by atoms with Crippen LogP contribution >= 0.6 is 0 Å².